The van der Waals surface area contributed by atoms with E-state index in [1.165, 1.54) is 0 Å². The van der Waals surface area contributed by atoms with Crippen LogP contribution in [0.2, 0.25) is 0 Å². The van der Waals surface area contributed by atoms with E-state index in [9.17, 15) is 0 Å². The molecule has 0 atom stereocenters. The van der Waals surface area contributed by atoms with E-state index in [4.69, 9.17) is 4.09 Å². The van der Waals surface area contributed by atoms with Crippen molar-refractivity contribution < 1.29 is 44.4 Å². The summed E-state index contributed by atoms with van der Waals surface area (Å²) >= 11 is -2.39. The molecule has 0 rings (SSSR count). The van der Waals surface area contributed by atoms with Gasteiger partial charge in [0.05, 0.1) is 0 Å². The van der Waals surface area contributed by atoms with Gasteiger partial charge in [-0.3, -0.25) is 0 Å². The van der Waals surface area contributed by atoms with E-state index >= 15 is 0 Å². The Morgan fingerprint density at radius 3 is 1.00 bits per heavy atom. The molecule has 0 amide bonds. The fraction of sp³-hybridized carbons (Fsp3) is 0. The van der Waals surface area contributed by atoms with Crippen LogP contribution >= 0.6 is 0 Å². The molecule has 0 radical (unpaired) electrons. The van der Waals surface area contributed by atoms with Crippen LogP contribution in [-0.4, -0.2) is 11.0 Å². The van der Waals surface area contributed by atoms with Crippen molar-refractivity contribution in [3.05, 3.63) is 0 Å². The van der Waals surface area contributed by atoms with Crippen molar-refractivity contribution in [1.82, 2.24) is 0 Å². The van der Waals surface area contributed by atoms with Crippen LogP contribution in [0.4, 0.5) is 0 Å². The van der Waals surface area contributed by atoms with Crippen LogP contribution in [0.3, 0.4) is 0 Å². The molecule has 0 N–H and O–H groups in total. The molecule has 0 aromatic heterocycles. The van der Waals surface area contributed by atoms with E-state index in [0.717, 1.165) is 0 Å². The van der Waals surface area contributed by atoms with Gasteiger partial charge in [-0.05, 0) is 0 Å². The Balaban J connectivity index is -0.00000000667. The summed E-state index contributed by atoms with van der Waals surface area (Å²) in [4.78, 5) is 0. The van der Waals surface area contributed by atoms with Gasteiger partial charge in [-0.25, -0.2) is 0 Å². The monoisotopic (exact) mass is 181 g/mol. The van der Waals surface area contributed by atoms with E-state index in [0.29, 0.717) is 0 Å². The molecule has 0 saturated heterocycles. The summed E-state index contributed by atoms with van der Waals surface area (Å²) in [5, 5.41) is 0. The van der Waals surface area contributed by atoms with Gasteiger partial charge in [0, 0.05) is 0 Å². The zero-order valence-electron chi connectivity index (χ0n) is 2.71. The summed E-state index contributed by atoms with van der Waals surface area (Å²) in [6, 6.07) is 0. The van der Waals surface area contributed by atoms with Crippen molar-refractivity contribution in [2.45, 2.75) is 0 Å². The first-order chi connectivity index (χ1) is 1.41. The van der Waals surface area contributed by atoms with E-state index in [1.54, 1.807) is 0 Å². The molecular weight excluding hydrogens is 181 g/mol. The third kappa shape index (κ3) is 101. The molecule has 6 heteroatoms. The minimum atomic E-state index is -2.39. The fourth-order valence-electron chi connectivity index (χ4n) is 0. The second-order valence-corrected chi connectivity index (χ2v) is 0.569. The zero-order valence-corrected chi connectivity index (χ0v) is 6.55. The van der Waals surface area contributed by atoms with E-state index < -0.39 is 29.3 Å². The Bertz CT molecular complexity index is 28.5. The van der Waals surface area contributed by atoms with E-state index in [1.807, 2.05) is 0 Å². The third-order valence-corrected chi connectivity index (χ3v) is 0. The van der Waals surface area contributed by atoms with Crippen molar-refractivity contribution >= 4 is 11.0 Å². The van der Waals surface area contributed by atoms with Gasteiger partial charge in [0.15, 0.2) is 0 Å². The Kier molecular flexibility index (Phi) is 195. The Labute approximate surface area is 55.2 Å². The molecule has 6 heavy (non-hydrogen) atoms. The molecular formula is O4SiY. The van der Waals surface area contributed by atoms with Gasteiger partial charge in [-0.1, -0.05) is 0 Å². The molecule has 0 heterocycles. The largest absolute Gasteiger partial charge is 4.00 e. The molecule has 0 aromatic carbocycles. The summed E-state index contributed by atoms with van der Waals surface area (Å²) in [5.74, 6) is 0. The second kappa shape index (κ2) is 40.4. The summed E-state index contributed by atoms with van der Waals surface area (Å²) in [6.45, 7) is 0. The minimum absolute atomic E-state index is 0. The molecule has 0 spiro atoms. The van der Waals surface area contributed by atoms with Crippen molar-refractivity contribution in [3.63, 3.8) is 0 Å². The molecule has 0 bridgehead atoms. The topological polar surface area (TPSA) is 91.1 Å². The molecule has 0 unspecified atom stereocenters. The molecule has 0 aliphatic rings. The van der Waals surface area contributed by atoms with E-state index in [2.05, 4.69) is 0 Å². The number of hydrogen-bond donors (Lipinski definition) is 0. The molecule has 4 nitrogen and oxygen atoms in total. The van der Waals surface area contributed by atoms with Crippen LogP contribution in [0, 0.1) is 0 Å². The second-order valence-electron chi connectivity index (χ2n) is 0.0962. The summed E-state index contributed by atoms with van der Waals surface area (Å²) < 4.78 is 17.1. The molecule has 0 fully saturated rings. The van der Waals surface area contributed by atoms with Crippen LogP contribution in [0.5, 0.6) is 0 Å². The van der Waals surface area contributed by atoms with Gasteiger partial charge in [0.25, 0.3) is 0 Å². The maximum atomic E-state index is 8.56. The van der Waals surface area contributed by atoms with Crippen LogP contribution in [-0.2, 0) is 44.4 Å². The first-order valence-electron chi connectivity index (χ1n) is 0.471. The Morgan fingerprint density at radius 2 is 1.00 bits per heavy atom. The maximum Gasteiger partial charge on any atom is 4.00 e. The van der Waals surface area contributed by atoms with Gasteiger partial charge in [-0.15, -0.1) is 0 Å². The van der Waals surface area contributed by atoms with Crippen LogP contribution in [0.1, 0.15) is 0 Å². The zero-order chi connectivity index (χ0) is 2.71. The quantitative estimate of drug-likeness (QED) is 0.455. The minimum Gasteiger partial charge on any atom is 4.00 e. The third-order valence-electron chi connectivity index (χ3n) is 0. The average Bonchev–Trinajstić information content (AvgIpc) is 0.918. The Hall–Kier alpha value is 0.841. The molecule has 0 aromatic rings. The van der Waals surface area contributed by atoms with Crippen molar-refractivity contribution in [3.8, 4) is 0 Å². The van der Waals surface area contributed by atoms with Crippen LogP contribution in [0.25, 0.3) is 0 Å². The maximum absolute atomic E-state index is 8.56. The van der Waals surface area contributed by atoms with Gasteiger partial charge in [-0.2, -0.15) is 0 Å². The summed E-state index contributed by atoms with van der Waals surface area (Å²) in [5.41, 5.74) is 0. The SMILES string of the molecule is [O-2].[O-2].[O]=[Y]=[O].[Si+4]. The smallest absolute Gasteiger partial charge is 4.00 e. The predicted octanol–water partition coefficient (Wildman–Crippen LogP) is -0.859. The number of rotatable bonds is 0. The van der Waals surface area contributed by atoms with Gasteiger partial charge < -0.3 is 11.0 Å². The molecule has 31 valence electrons. The Morgan fingerprint density at radius 1 is 1.00 bits per heavy atom. The van der Waals surface area contributed by atoms with E-state index in [-0.39, 0.29) is 21.9 Å². The van der Waals surface area contributed by atoms with Crippen LogP contribution in [0.15, 0.2) is 0 Å². The fourth-order valence-corrected chi connectivity index (χ4v) is 0. The predicted molar refractivity (Wildman–Crippen MR) is 8.50 cm³/mol. The van der Waals surface area contributed by atoms with Crippen LogP contribution < -0.4 is 0 Å². The summed E-state index contributed by atoms with van der Waals surface area (Å²) in [6.07, 6.45) is 0. The molecule has 0 aliphatic heterocycles. The van der Waals surface area contributed by atoms with Crippen molar-refractivity contribution in [1.29, 1.82) is 0 Å². The average molecular weight is 181 g/mol. The standard InChI is InChI=1S/4O.Si.Y/q;;2*-2;+4;. The van der Waals surface area contributed by atoms with Gasteiger partial charge in [0.2, 0.25) is 0 Å². The number of hydrogen-bond acceptors (Lipinski definition) is 2. The first kappa shape index (κ1) is 28.9. The molecule has 0 saturated carbocycles. The normalized spacial score (nSPS) is 1.33. The van der Waals surface area contributed by atoms with Crippen molar-refractivity contribution in [2.24, 2.45) is 0 Å². The first-order valence-corrected chi connectivity index (χ1v) is 2.79. The van der Waals surface area contributed by atoms with Gasteiger partial charge in [0.1, 0.15) is 0 Å². The van der Waals surface area contributed by atoms with Gasteiger partial charge >= 0.3 is 44.4 Å². The molecule has 0 aliphatic carbocycles. The van der Waals surface area contributed by atoms with Crippen molar-refractivity contribution in [2.75, 3.05) is 0 Å². The summed E-state index contributed by atoms with van der Waals surface area (Å²) in [7, 11) is 0.